The van der Waals surface area contributed by atoms with E-state index in [1.54, 1.807) is 24.3 Å². The van der Waals surface area contributed by atoms with Crippen LogP contribution in [0.2, 0.25) is 5.02 Å². The van der Waals surface area contributed by atoms with Crippen molar-refractivity contribution < 1.29 is 24.9 Å². The molecule has 3 aliphatic carbocycles. The topological polar surface area (TPSA) is 107 Å². The molecule has 2 bridgehead atoms. The van der Waals surface area contributed by atoms with E-state index >= 15 is 0 Å². The lowest BCUT2D eigenvalue weighted by Crippen LogP contribution is -2.81. The SMILES string of the molecule is O=C(NC12CC(C(CO)(CO)C(=O)O)(C1)C2)c1cccc(Cl)c1. The highest BCUT2D eigenvalue weighted by Crippen LogP contribution is 2.74. The molecule has 1 amide bonds. The van der Waals surface area contributed by atoms with Gasteiger partial charge in [0.15, 0.2) is 0 Å². The molecule has 3 aliphatic rings. The number of nitrogens with one attached hydrogen (secondary N) is 1. The van der Waals surface area contributed by atoms with Crippen molar-refractivity contribution in [2.75, 3.05) is 13.2 Å². The smallest absolute Gasteiger partial charge is 0.314 e. The van der Waals surface area contributed by atoms with E-state index < -0.39 is 35.6 Å². The molecule has 23 heavy (non-hydrogen) atoms. The Morgan fingerprint density at radius 3 is 2.30 bits per heavy atom. The predicted molar refractivity (Wildman–Crippen MR) is 82.2 cm³/mol. The van der Waals surface area contributed by atoms with Crippen LogP contribution < -0.4 is 5.32 Å². The predicted octanol–water partition coefficient (Wildman–Crippen LogP) is 1.05. The van der Waals surface area contributed by atoms with Crippen LogP contribution in [0.1, 0.15) is 29.6 Å². The van der Waals surface area contributed by atoms with Crippen LogP contribution in [0.5, 0.6) is 0 Å². The zero-order valence-corrected chi connectivity index (χ0v) is 13.1. The van der Waals surface area contributed by atoms with Crippen LogP contribution in [-0.2, 0) is 4.79 Å². The first-order valence-electron chi connectivity index (χ1n) is 7.35. The first kappa shape index (κ1) is 16.2. The Balaban J connectivity index is 1.70. The second kappa shape index (κ2) is 5.19. The molecule has 0 unspecified atom stereocenters. The van der Waals surface area contributed by atoms with Gasteiger partial charge in [-0.1, -0.05) is 17.7 Å². The van der Waals surface area contributed by atoms with Crippen LogP contribution >= 0.6 is 11.6 Å². The van der Waals surface area contributed by atoms with Crippen molar-refractivity contribution in [3.8, 4) is 0 Å². The number of carbonyl (C=O) groups is 2. The van der Waals surface area contributed by atoms with Gasteiger partial charge in [-0.05, 0) is 42.9 Å². The summed E-state index contributed by atoms with van der Waals surface area (Å²) in [6.07, 6.45) is 1.33. The Morgan fingerprint density at radius 2 is 1.83 bits per heavy atom. The van der Waals surface area contributed by atoms with E-state index in [-0.39, 0.29) is 5.91 Å². The first-order chi connectivity index (χ1) is 10.8. The summed E-state index contributed by atoms with van der Waals surface area (Å²) in [5, 5.41) is 31.8. The third kappa shape index (κ3) is 2.16. The van der Waals surface area contributed by atoms with Crippen LogP contribution in [0.15, 0.2) is 24.3 Å². The Hall–Kier alpha value is -1.63. The molecule has 0 aliphatic heterocycles. The molecule has 3 fully saturated rings. The third-order valence-electron chi connectivity index (χ3n) is 5.46. The molecule has 0 heterocycles. The van der Waals surface area contributed by atoms with Gasteiger partial charge in [0.2, 0.25) is 0 Å². The maximum atomic E-state index is 12.3. The van der Waals surface area contributed by atoms with Crippen LogP contribution in [0.3, 0.4) is 0 Å². The van der Waals surface area contributed by atoms with Crippen molar-refractivity contribution in [2.24, 2.45) is 10.8 Å². The zero-order chi connectivity index (χ0) is 16.9. The standard InChI is InChI=1S/C16H18ClNO5/c17-11-3-1-2-10(4-11)12(21)18-15-5-14(6-15,7-15)16(8-19,9-20)13(22)23/h1-4,19-20H,5-9H2,(H,18,21)(H,22,23). The van der Waals surface area contributed by atoms with Gasteiger partial charge in [-0.2, -0.15) is 0 Å². The van der Waals surface area contributed by atoms with E-state index in [1.807, 2.05) is 0 Å². The van der Waals surface area contributed by atoms with E-state index in [0.29, 0.717) is 29.8 Å². The van der Waals surface area contributed by atoms with Crippen molar-refractivity contribution in [2.45, 2.75) is 24.8 Å². The molecule has 124 valence electrons. The van der Waals surface area contributed by atoms with Crippen molar-refractivity contribution in [1.82, 2.24) is 5.32 Å². The second-order valence-electron chi connectivity index (χ2n) is 6.76. The number of hydrogen-bond acceptors (Lipinski definition) is 4. The zero-order valence-electron chi connectivity index (χ0n) is 12.4. The van der Waals surface area contributed by atoms with Gasteiger partial charge in [0.05, 0.1) is 13.2 Å². The first-order valence-corrected chi connectivity index (χ1v) is 7.73. The second-order valence-corrected chi connectivity index (χ2v) is 7.20. The molecule has 0 atom stereocenters. The van der Waals surface area contributed by atoms with Crippen LogP contribution in [-0.4, -0.2) is 45.9 Å². The summed E-state index contributed by atoms with van der Waals surface area (Å²) >= 11 is 5.87. The van der Waals surface area contributed by atoms with Crippen molar-refractivity contribution >= 4 is 23.5 Å². The number of carboxylic acids is 1. The summed E-state index contributed by atoms with van der Waals surface area (Å²) in [4.78, 5) is 23.8. The van der Waals surface area contributed by atoms with Gasteiger partial charge in [0, 0.05) is 16.1 Å². The van der Waals surface area contributed by atoms with Crippen LogP contribution in [0.25, 0.3) is 0 Å². The number of aliphatic carboxylic acids is 1. The lowest BCUT2D eigenvalue weighted by atomic mass is 9.32. The molecule has 0 aromatic heterocycles. The molecule has 4 rings (SSSR count). The number of benzene rings is 1. The maximum Gasteiger partial charge on any atom is 0.314 e. The molecule has 4 N–H and O–H groups in total. The van der Waals surface area contributed by atoms with Gasteiger partial charge >= 0.3 is 5.97 Å². The Kier molecular flexibility index (Phi) is 3.66. The summed E-state index contributed by atoms with van der Waals surface area (Å²) in [6, 6.07) is 6.60. The lowest BCUT2D eigenvalue weighted by Gasteiger charge is -2.75. The number of carbonyl (C=O) groups excluding carboxylic acids is 1. The van der Waals surface area contributed by atoms with E-state index in [4.69, 9.17) is 11.6 Å². The third-order valence-corrected chi connectivity index (χ3v) is 5.70. The minimum atomic E-state index is -1.55. The van der Waals surface area contributed by atoms with Gasteiger partial charge in [-0.25, -0.2) is 0 Å². The molecule has 0 radical (unpaired) electrons. The quantitative estimate of drug-likeness (QED) is 0.619. The molecule has 1 aromatic carbocycles. The lowest BCUT2D eigenvalue weighted by molar-refractivity contribution is -0.250. The number of aliphatic hydroxyl groups excluding tert-OH is 2. The molecular formula is C16H18ClNO5. The van der Waals surface area contributed by atoms with Crippen LogP contribution in [0, 0.1) is 10.8 Å². The number of rotatable bonds is 6. The average molecular weight is 340 g/mol. The fourth-order valence-electron chi connectivity index (χ4n) is 4.12. The molecule has 1 aromatic rings. The molecular weight excluding hydrogens is 322 g/mol. The van der Waals surface area contributed by atoms with Crippen LogP contribution in [0.4, 0.5) is 0 Å². The van der Waals surface area contributed by atoms with Crippen molar-refractivity contribution in [1.29, 1.82) is 0 Å². The highest BCUT2D eigenvalue weighted by atomic mass is 35.5. The minimum Gasteiger partial charge on any atom is -0.481 e. The van der Waals surface area contributed by atoms with Crippen molar-refractivity contribution in [3.63, 3.8) is 0 Å². The summed E-state index contributed by atoms with van der Waals surface area (Å²) in [5.41, 5.74) is -2.19. The fraction of sp³-hybridized carbons (Fsp3) is 0.500. The van der Waals surface area contributed by atoms with E-state index in [9.17, 15) is 24.9 Å². The fourth-order valence-corrected chi connectivity index (χ4v) is 4.31. The monoisotopic (exact) mass is 339 g/mol. The normalized spacial score (nSPS) is 28.5. The van der Waals surface area contributed by atoms with Crippen molar-refractivity contribution in [3.05, 3.63) is 34.9 Å². The van der Waals surface area contributed by atoms with Gasteiger partial charge in [0.25, 0.3) is 5.91 Å². The van der Waals surface area contributed by atoms with Gasteiger partial charge in [-0.15, -0.1) is 0 Å². The number of amides is 1. The molecule has 7 heteroatoms. The molecule has 0 spiro atoms. The maximum absolute atomic E-state index is 12.3. The van der Waals surface area contributed by atoms with Gasteiger partial charge < -0.3 is 20.6 Å². The summed E-state index contributed by atoms with van der Waals surface area (Å²) in [6.45, 7) is -1.23. The summed E-state index contributed by atoms with van der Waals surface area (Å²) < 4.78 is 0. The summed E-state index contributed by atoms with van der Waals surface area (Å²) in [5.74, 6) is -1.45. The van der Waals surface area contributed by atoms with Gasteiger partial charge in [0.1, 0.15) is 5.41 Å². The minimum absolute atomic E-state index is 0.255. The van der Waals surface area contributed by atoms with E-state index in [1.165, 1.54) is 0 Å². The Bertz CT molecular complexity index is 650. The number of halogens is 1. The highest BCUT2D eigenvalue weighted by Gasteiger charge is 2.77. The number of aliphatic hydroxyl groups is 2. The van der Waals surface area contributed by atoms with E-state index in [2.05, 4.69) is 5.32 Å². The number of hydrogen-bond donors (Lipinski definition) is 4. The molecule has 0 saturated heterocycles. The average Bonchev–Trinajstić information content (AvgIpc) is 2.44. The Labute approximate surface area is 138 Å². The number of carboxylic acid groups (broad SMARTS) is 1. The molecule has 6 nitrogen and oxygen atoms in total. The Morgan fingerprint density at radius 1 is 1.22 bits per heavy atom. The van der Waals surface area contributed by atoms with Gasteiger partial charge in [-0.3, -0.25) is 9.59 Å². The summed E-state index contributed by atoms with van der Waals surface area (Å²) in [7, 11) is 0. The highest BCUT2D eigenvalue weighted by molar-refractivity contribution is 6.30. The van der Waals surface area contributed by atoms with E-state index in [0.717, 1.165) is 0 Å². The molecule has 3 saturated carbocycles. The largest absolute Gasteiger partial charge is 0.481 e.